The molecular weight excluding hydrogens is 797 g/mol. The smallest absolute Gasteiger partial charge is 0.309 e. The van der Waals surface area contributed by atoms with Crippen LogP contribution in [0.3, 0.4) is 0 Å². The van der Waals surface area contributed by atoms with Crippen LogP contribution in [0.5, 0.6) is 0 Å². The van der Waals surface area contributed by atoms with Crippen molar-refractivity contribution in [2.24, 2.45) is 0 Å². The third-order valence-electron chi connectivity index (χ3n) is 11.4. The van der Waals surface area contributed by atoms with Gasteiger partial charge in [0.15, 0.2) is 17.5 Å². The molecule has 10 rings (SSSR count). The second-order valence-corrected chi connectivity index (χ2v) is 15.9. The zero-order chi connectivity index (χ0) is 43.2. The summed E-state index contributed by atoms with van der Waals surface area (Å²) in [6, 6.07) is 39.3. The zero-order valence-electron chi connectivity index (χ0n) is 33.8. The SMILES string of the molecule is Cc1ccc2c(c1)c1cc(C)ccc1n2-c1ccc(C(F)(F)F)cc1-c1nc(-c2ccccc2)nc(-c2cc(C(F)(F)F)ccc2-n2c3ccc(C)cc3c3cc(C)ccc32)n1. The second kappa shape index (κ2) is 14.2. The van der Waals surface area contributed by atoms with Crippen LogP contribution in [0.15, 0.2) is 140 Å². The Morgan fingerprint density at radius 1 is 0.371 bits per heavy atom. The van der Waals surface area contributed by atoms with Gasteiger partial charge in [-0.1, -0.05) is 76.9 Å². The maximum Gasteiger partial charge on any atom is 0.416 e. The lowest BCUT2D eigenvalue weighted by Gasteiger charge is -2.19. The summed E-state index contributed by atoms with van der Waals surface area (Å²) in [6.45, 7) is 7.90. The Kier molecular flexibility index (Phi) is 8.88. The zero-order valence-corrected chi connectivity index (χ0v) is 33.8. The maximum absolute atomic E-state index is 14.7. The third-order valence-corrected chi connectivity index (χ3v) is 11.4. The average Bonchev–Trinajstić information content (AvgIpc) is 3.73. The van der Waals surface area contributed by atoms with Gasteiger partial charge >= 0.3 is 12.4 Å². The first kappa shape index (κ1) is 38.9. The van der Waals surface area contributed by atoms with Gasteiger partial charge in [-0.15, -0.1) is 0 Å². The van der Waals surface area contributed by atoms with E-state index in [0.29, 0.717) is 16.9 Å². The molecule has 5 nitrogen and oxygen atoms in total. The lowest BCUT2D eigenvalue weighted by molar-refractivity contribution is -0.138. The molecule has 62 heavy (non-hydrogen) atoms. The summed E-state index contributed by atoms with van der Waals surface area (Å²) in [5.41, 5.74) is 6.31. The Balaban J connectivity index is 1.32. The van der Waals surface area contributed by atoms with Crippen molar-refractivity contribution in [3.05, 3.63) is 173 Å². The van der Waals surface area contributed by atoms with Gasteiger partial charge in [-0.25, -0.2) is 15.0 Å². The van der Waals surface area contributed by atoms with Gasteiger partial charge in [0, 0.05) is 38.2 Å². The fraction of sp³-hybridized carbons (Fsp3) is 0.118. The fourth-order valence-electron chi connectivity index (χ4n) is 8.53. The van der Waals surface area contributed by atoms with Gasteiger partial charge in [-0.05, 0) is 113 Å². The third kappa shape index (κ3) is 6.55. The number of halogens is 6. The molecule has 0 aliphatic heterocycles. The minimum absolute atomic E-state index is 0.0111. The monoisotopic (exact) mass is 831 g/mol. The number of rotatable bonds is 5. The summed E-state index contributed by atoms with van der Waals surface area (Å²) in [4.78, 5) is 14.5. The molecule has 0 unspecified atom stereocenters. The Morgan fingerprint density at radius 2 is 0.710 bits per heavy atom. The summed E-state index contributed by atoms with van der Waals surface area (Å²) < 4.78 is 92.2. The molecule has 0 aliphatic carbocycles. The summed E-state index contributed by atoms with van der Waals surface area (Å²) in [5.74, 6) is -0.235. The molecule has 0 bridgehead atoms. The van der Waals surface area contributed by atoms with Gasteiger partial charge in [-0.3, -0.25) is 0 Å². The molecule has 306 valence electrons. The Labute approximate surface area is 351 Å². The lowest BCUT2D eigenvalue weighted by atomic mass is 10.0. The van der Waals surface area contributed by atoms with Crippen LogP contribution in [0, 0.1) is 27.7 Å². The Hall–Kier alpha value is -7.27. The van der Waals surface area contributed by atoms with Crippen LogP contribution in [0.25, 0.3) is 89.2 Å². The number of alkyl halides is 6. The normalized spacial score (nSPS) is 12.4. The van der Waals surface area contributed by atoms with Crippen molar-refractivity contribution in [2.75, 3.05) is 0 Å². The molecule has 0 radical (unpaired) electrons. The maximum atomic E-state index is 14.7. The van der Waals surface area contributed by atoms with Gasteiger partial charge in [0.25, 0.3) is 0 Å². The molecule has 0 spiro atoms. The van der Waals surface area contributed by atoms with Crippen molar-refractivity contribution in [1.82, 2.24) is 24.1 Å². The fourth-order valence-corrected chi connectivity index (χ4v) is 8.53. The molecular formula is C51H35F6N5. The van der Waals surface area contributed by atoms with Crippen LogP contribution < -0.4 is 0 Å². The average molecular weight is 832 g/mol. The topological polar surface area (TPSA) is 48.5 Å². The van der Waals surface area contributed by atoms with Gasteiger partial charge in [0.1, 0.15) is 0 Å². The summed E-state index contributed by atoms with van der Waals surface area (Å²) in [5, 5.41) is 3.61. The highest BCUT2D eigenvalue weighted by atomic mass is 19.4. The van der Waals surface area contributed by atoms with E-state index in [1.807, 2.05) is 110 Å². The highest BCUT2D eigenvalue weighted by Gasteiger charge is 2.34. The van der Waals surface area contributed by atoms with E-state index in [4.69, 9.17) is 15.0 Å². The van der Waals surface area contributed by atoms with Crippen molar-refractivity contribution in [2.45, 2.75) is 40.0 Å². The van der Waals surface area contributed by atoms with Gasteiger partial charge in [0.2, 0.25) is 0 Å². The molecule has 10 aromatic rings. The van der Waals surface area contributed by atoms with Crippen LogP contribution in [0.1, 0.15) is 33.4 Å². The van der Waals surface area contributed by atoms with E-state index in [9.17, 15) is 26.3 Å². The molecule has 0 saturated heterocycles. The van der Waals surface area contributed by atoms with E-state index < -0.39 is 23.5 Å². The van der Waals surface area contributed by atoms with Crippen LogP contribution >= 0.6 is 0 Å². The van der Waals surface area contributed by atoms with Crippen molar-refractivity contribution in [1.29, 1.82) is 0 Å². The first-order valence-corrected chi connectivity index (χ1v) is 19.9. The van der Waals surface area contributed by atoms with Crippen LogP contribution in [0.2, 0.25) is 0 Å². The standard InChI is InChI=1S/C51H35F6N5/c1-28-10-16-41-35(22-28)36-23-29(2)11-17-42(36)61(41)45-20-14-33(50(52,53)54)26-39(45)48-58-47(32-8-6-5-7-9-32)59-49(60-48)40-27-34(51(55,56)57)15-21-46(40)62-43-18-12-30(3)24-37(43)38-25-31(4)13-19-44(38)62/h5-27H,1-4H3. The van der Waals surface area contributed by atoms with E-state index in [0.717, 1.165) is 90.1 Å². The summed E-state index contributed by atoms with van der Waals surface area (Å²) in [7, 11) is 0. The number of fused-ring (bicyclic) bond motifs is 6. The second-order valence-electron chi connectivity index (χ2n) is 15.9. The molecule has 7 aromatic carbocycles. The van der Waals surface area contributed by atoms with Crippen LogP contribution in [-0.4, -0.2) is 24.1 Å². The van der Waals surface area contributed by atoms with E-state index in [-0.39, 0.29) is 28.6 Å². The summed E-state index contributed by atoms with van der Waals surface area (Å²) >= 11 is 0. The van der Waals surface area contributed by atoms with Crippen molar-refractivity contribution in [3.63, 3.8) is 0 Å². The number of aryl methyl sites for hydroxylation is 4. The first-order chi connectivity index (χ1) is 29.6. The minimum Gasteiger partial charge on any atom is -0.309 e. The lowest BCUT2D eigenvalue weighted by Crippen LogP contribution is -2.10. The predicted molar refractivity (Wildman–Crippen MR) is 234 cm³/mol. The molecule has 0 N–H and O–H groups in total. The molecule has 0 amide bonds. The van der Waals surface area contributed by atoms with Crippen LogP contribution in [-0.2, 0) is 12.4 Å². The number of hydrogen-bond acceptors (Lipinski definition) is 3. The number of hydrogen-bond donors (Lipinski definition) is 0. The number of benzene rings is 7. The molecule has 0 fully saturated rings. The highest BCUT2D eigenvalue weighted by molar-refractivity contribution is 6.11. The summed E-state index contributed by atoms with van der Waals surface area (Å²) in [6.07, 6.45) is -9.50. The first-order valence-electron chi connectivity index (χ1n) is 19.9. The minimum atomic E-state index is -4.75. The van der Waals surface area contributed by atoms with Gasteiger partial charge < -0.3 is 9.13 Å². The van der Waals surface area contributed by atoms with Gasteiger partial charge in [-0.2, -0.15) is 26.3 Å². The van der Waals surface area contributed by atoms with E-state index >= 15 is 0 Å². The van der Waals surface area contributed by atoms with E-state index in [1.165, 1.54) is 12.1 Å². The molecule has 3 aromatic heterocycles. The molecule has 0 atom stereocenters. The largest absolute Gasteiger partial charge is 0.416 e. The van der Waals surface area contributed by atoms with Crippen molar-refractivity contribution < 1.29 is 26.3 Å². The molecule has 0 aliphatic rings. The van der Waals surface area contributed by atoms with E-state index in [2.05, 4.69) is 0 Å². The molecule has 3 heterocycles. The van der Waals surface area contributed by atoms with E-state index in [1.54, 1.807) is 30.3 Å². The Bertz CT molecular complexity index is 3110. The molecule has 0 saturated carbocycles. The van der Waals surface area contributed by atoms with Crippen molar-refractivity contribution >= 4 is 43.6 Å². The highest BCUT2D eigenvalue weighted by Crippen LogP contribution is 2.43. The molecule has 11 heteroatoms. The van der Waals surface area contributed by atoms with Crippen LogP contribution in [0.4, 0.5) is 26.3 Å². The Morgan fingerprint density at radius 3 is 1.05 bits per heavy atom. The number of aromatic nitrogens is 5. The predicted octanol–water partition coefficient (Wildman–Crippen LogP) is 14.3. The number of nitrogens with zero attached hydrogens (tertiary/aromatic N) is 5. The van der Waals surface area contributed by atoms with Crippen molar-refractivity contribution in [3.8, 4) is 45.5 Å². The quantitative estimate of drug-likeness (QED) is 0.162. The van der Waals surface area contributed by atoms with Gasteiger partial charge in [0.05, 0.1) is 44.6 Å².